The maximum absolute atomic E-state index is 14.1. The van der Waals surface area contributed by atoms with Gasteiger partial charge in [-0.15, -0.1) is 0 Å². The van der Waals surface area contributed by atoms with Crippen LogP contribution in [0.3, 0.4) is 0 Å². The van der Waals surface area contributed by atoms with Crippen LogP contribution in [0.1, 0.15) is 22.6 Å². The lowest BCUT2D eigenvalue weighted by Gasteiger charge is -2.12. The third-order valence-corrected chi connectivity index (χ3v) is 3.24. The Bertz CT molecular complexity index is 821. The molecule has 2 rings (SSSR count). The van der Waals surface area contributed by atoms with Gasteiger partial charge in [0.25, 0.3) is 12.0 Å². The highest BCUT2D eigenvalue weighted by Gasteiger charge is 2.23. The summed E-state index contributed by atoms with van der Waals surface area (Å²) in [6.45, 7) is 0. The molecule has 1 heterocycles. The van der Waals surface area contributed by atoms with E-state index in [2.05, 4.69) is 4.98 Å². The smallest absolute Gasteiger partial charge is 0.372 e. The van der Waals surface area contributed by atoms with Crippen LogP contribution in [0.5, 0.6) is 0 Å². The summed E-state index contributed by atoms with van der Waals surface area (Å²) in [7, 11) is 1.14. The molecule has 0 saturated carbocycles. The second-order valence-electron chi connectivity index (χ2n) is 4.29. The molecule has 0 fully saturated rings. The Labute approximate surface area is 126 Å². The first kappa shape index (κ1) is 16.0. The molecule has 0 aliphatic heterocycles. The first-order chi connectivity index (χ1) is 10.2. The lowest BCUT2D eigenvalue weighted by atomic mass is 10.0. The highest BCUT2D eigenvalue weighted by molar-refractivity contribution is 6.31. The second-order valence-corrected chi connectivity index (χ2v) is 4.70. The molecule has 0 bridgehead atoms. The fraction of sp³-hybridized carbons (Fsp3) is 0.154. The van der Waals surface area contributed by atoms with E-state index < -0.39 is 51.4 Å². The molecule has 1 aromatic heterocycles. The van der Waals surface area contributed by atoms with Gasteiger partial charge < -0.3 is 5.11 Å². The molecule has 116 valence electrons. The molecule has 0 atom stereocenters. The van der Waals surface area contributed by atoms with Gasteiger partial charge in [0.15, 0.2) is 5.82 Å². The average molecular weight is 333 g/mol. The molecule has 0 amide bonds. The minimum atomic E-state index is -3.05. The van der Waals surface area contributed by atoms with Crippen LogP contribution in [0, 0.1) is 5.82 Å². The third kappa shape index (κ3) is 2.69. The summed E-state index contributed by atoms with van der Waals surface area (Å²) in [6, 6.07) is 2.61. The SMILES string of the molecule is Cn1c(C(=O)O)nc(-c2c(C(F)F)ccc(Cl)c2F)cc1=O. The Kier molecular flexibility index (Phi) is 4.23. The number of hydrogen-bond donors (Lipinski definition) is 1. The number of carbonyl (C=O) groups is 1. The normalized spacial score (nSPS) is 11.0. The zero-order valence-corrected chi connectivity index (χ0v) is 11.7. The van der Waals surface area contributed by atoms with Crippen LogP contribution in [-0.4, -0.2) is 20.6 Å². The summed E-state index contributed by atoms with van der Waals surface area (Å²) in [5.41, 5.74) is -2.78. The Morgan fingerprint density at radius 1 is 1.41 bits per heavy atom. The second kappa shape index (κ2) is 5.80. The number of aromatic nitrogens is 2. The number of carboxylic acid groups (broad SMARTS) is 1. The predicted octanol–water partition coefficient (Wildman–Crippen LogP) is 2.88. The first-order valence-corrected chi connectivity index (χ1v) is 6.19. The number of benzene rings is 1. The zero-order valence-electron chi connectivity index (χ0n) is 11.0. The van der Waals surface area contributed by atoms with Gasteiger partial charge in [0.05, 0.1) is 10.7 Å². The van der Waals surface area contributed by atoms with Crippen LogP contribution in [-0.2, 0) is 7.05 Å². The Morgan fingerprint density at radius 2 is 2.05 bits per heavy atom. The average Bonchev–Trinajstić information content (AvgIpc) is 2.44. The molecule has 0 unspecified atom stereocenters. The number of hydrogen-bond acceptors (Lipinski definition) is 3. The molecule has 0 aliphatic rings. The minimum Gasteiger partial charge on any atom is -0.475 e. The lowest BCUT2D eigenvalue weighted by molar-refractivity contribution is 0.0677. The minimum absolute atomic E-state index is 0.446. The highest BCUT2D eigenvalue weighted by atomic mass is 35.5. The van der Waals surface area contributed by atoms with Gasteiger partial charge in [0, 0.05) is 24.2 Å². The molecular formula is C13H8ClF3N2O3. The first-order valence-electron chi connectivity index (χ1n) is 5.81. The third-order valence-electron chi connectivity index (χ3n) is 2.94. The Hall–Kier alpha value is -2.35. The zero-order chi connectivity index (χ0) is 16.6. The summed E-state index contributed by atoms with van der Waals surface area (Å²) < 4.78 is 40.9. The van der Waals surface area contributed by atoms with Crippen molar-refractivity contribution in [2.24, 2.45) is 7.05 Å². The Balaban J connectivity index is 2.85. The molecular weight excluding hydrogens is 325 g/mol. The molecule has 0 aliphatic carbocycles. The summed E-state index contributed by atoms with van der Waals surface area (Å²) in [5, 5.41) is 8.53. The quantitative estimate of drug-likeness (QED) is 0.938. The van der Waals surface area contributed by atoms with Crippen molar-refractivity contribution in [3.05, 3.63) is 50.8 Å². The molecule has 0 saturated heterocycles. The molecule has 1 aromatic carbocycles. The van der Waals surface area contributed by atoms with Crippen LogP contribution in [0.15, 0.2) is 23.0 Å². The van der Waals surface area contributed by atoms with E-state index >= 15 is 0 Å². The largest absolute Gasteiger partial charge is 0.475 e. The fourth-order valence-corrected chi connectivity index (χ4v) is 2.02. The molecule has 2 aromatic rings. The standard InChI is InChI=1S/C13H8ClF3N2O3/c1-19-8(20)4-7(18-12(19)13(21)22)9-5(11(16)17)2-3-6(14)10(9)15/h2-4,11H,1H3,(H,21,22). The number of halogens is 4. The summed E-state index contributed by atoms with van der Waals surface area (Å²) in [4.78, 5) is 26.3. The van der Waals surface area contributed by atoms with E-state index in [9.17, 15) is 22.8 Å². The van der Waals surface area contributed by atoms with Gasteiger partial charge in [-0.25, -0.2) is 22.9 Å². The van der Waals surface area contributed by atoms with Gasteiger partial charge in [-0.1, -0.05) is 17.7 Å². The maximum atomic E-state index is 14.1. The molecule has 0 radical (unpaired) electrons. The van der Waals surface area contributed by atoms with Crippen molar-refractivity contribution in [3.8, 4) is 11.3 Å². The topological polar surface area (TPSA) is 72.2 Å². The van der Waals surface area contributed by atoms with Crippen molar-refractivity contribution in [1.29, 1.82) is 0 Å². The van der Waals surface area contributed by atoms with Gasteiger partial charge >= 0.3 is 5.97 Å². The monoisotopic (exact) mass is 332 g/mol. The van der Waals surface area contributed by atoms with Crippen molar-refractivity contribution < 1.29 is 23.1 Å². The molecule has 1 N–H and O–H groups in total. The maximum Gasteiger partial charge on any atom is 0.372 e. The van der Waals surface area contributed by atoms with Gasteiger partial charge in [0.2, 0.25) is 5.82 Å². The molecule has 5 nitrogen and oxygen atoms in total. The van der Waals surface area contributed by atoms with E-state index in [-0.39, 0.29) is 0 Å². The van der Waals surface area contributed by atoms with Gasteiger partial charge in [-0.05, 0) is 6.07 Å². The highest BCUT2D eigenvalue weighted by Crippen LogP contribution is 2.35. The van der Waals surface area contributed by atoms with E-state index in [1.807, 2.05) is 0 Å². The van der Waals surface area contributed by atoms with Crippen molar-refractivity contribution in [1.82, 2.24) is 9.55 Å². The van der Waals surface area contributed by atoms with Crippen LogP contribution in [0.4, 0.5) is 13.2 Å². The number of nitrogens with zero attached hydrogens (tertiary/aromatic N) is 2. The predicted molar refractivity (Wildman–Crippen MR) is 71.8 cm³/mol. The number of carboxylic acids is 1. The van der Waals surface area contributed by atoms with E-state index in [0.717, 1.165) is 25.2 Å². The van der Waals surface area contributed by atoms with E-state index in [1.54, 1.807) is 0 Å². The van der Waals surface area contributed by atoms with E-state index in [4.69, 9.17) is 16.7 Å². The van der Waals surface area contributed by atoms with Crippen molar-refractivity contribution in [2.75, 3.05) is 0 Å². The van der Waals surface area contributed by atoms with E-state index in [0.29, 0.717) is 4.57 Å². The van der Waals surface area contributed by atoms with Gasteiger partial charge in [0.1, 0.15) is 0 Å². The summed E-state index contributed by atoms with van der Waals surface area (Å²) in [6.07, 6.45) is -3.05. The number of alkyl halides is 2. The van der Waals surface area contributed by atoms with Gasteiger partial charge in [-0.2, -0.15) is 0 Å². The van der Waals surface area contributed by atoms with E-state index in [1.165, 1.54) is 0 Å². The molecule has 22 heavy (non-hydrogen) atoms. The van der Waals surface area contributed by atoms with Gasteiger partial charge in [-0.3, -0.25) is 9.36 Å². The fourth-order valence-electron chi connectivity index (χ4n) is 1.87. The Morgan fingerprint density at radius 3 is 2.59 bits per heavy atom. The lowest BCUT2D eigenvalue weighted by Crippen LogP contribution is -2.25. The summed E-state index contributed by atoms with van der Waals surface area (Å²) in [5.74, 6) is -3.46. The van der Waals surface area contributed by atoms with Crippen LogP contribution < -0.4 is 5.56 Å². The van der Waals surface area contributed by atoms with Crippen molar-refractivity contribution >= 4 is 17.6 Å². The van der Waals surface area contributed by atoms with Crippen LogP contribution >= 0.6 is 11.6 Å². The molecule has 0 spiro atoms. The molecule has 9 heteroatoms. The van der Waals surface area contributed by atoms with Crippen LogP contribution in [0.2, 0.25) is 5.02 Å². The van der Waals surface area contributed by atoms with Crippen molar-refractivity contribution in [3.63, 3.8) is 0 Å². The number of aromatic carboxylic acids is 1. The number of rotatable bonds is 3. The summed E-state index contributed by atoms with van der Waals surface area (Å²) >= 11 is 5.57. The van der Waals surface area contributed by atoms with Crippen LogP contribution in [0.25, 0.3) is 11.3 Å². The van der Waals surface area contributed by atoms with Crippen molar-refractivity contribution in [2.45, 2.75) is 6.43 Å².